The summed E-state index contributed by atoms with van der Waals surface area (Å²) in [5, 5.41) is 0. The topological polar surface area (TPSA) is 63.9 Å². The highest BCUT2D eigenvalue weighted by atomic mass is 16.5. The molecule has 0 saturated heterocycles. The number of imidazole rings is 1. The number of esters is 1. The Kier molecular flexibility index (Phi) is 3.79. The molecule has 100 valence electrons. The highest BCUT2D eigenvalue weighted by Gasteiger charge is 2.18. The molecule has 0 N–H and O–H groups in total. The molecule has 0 bridgehead atoms. The van der Waals surface area contributed by atoms with Gasteiger partial charge in [0, 0.05) is 19.4 Å². The largest absolute Gasteiger partial charge is 0.465 e. The first-order valence-corrected chi connectivity index (χ1v) is 5.96. The first kappa shape index (κ1) is 13.1. The quantitative estimate of drug-likeness (QED) is 0.769. The lowest BCUT2D eigenvalue weighted by atomic mass is 10.4. The summed E-state index contributed by atoms with van der Waals surface area (Å²) in [6.07, 6.45) is 3.45. The van der Waals surface area contributed by atoms with Crippen LogP contribution in [0.1, 0.15) is 17.4 Å². The predicted molar refractivity (Wildman–Crippen MR) is 68.8 cm³/mol. The first-order chi connectivity index (χ1) is 9.11. The molecule has 2 aromatic rings. The van der Waals surface area contributed by atoms with Crippen molar-refractivity contribution in [2.24, 2.45) is 0 Å². The van der Waals surface area contributed by atoms with Gasteiger partial charge >= 0.3 is 5.97 Å². The lowest BCUT2D eigenvalue weighted by Crippen LogP contribution is -2.33. The van der Waals surface area contributed by atoms with Crippen molar-refractivity contribution in [2.75, 3.05) is 20.2 Å². The molecule has 19 heavy (non-hydrogen) atoms. The van der Waals surface area contributed by atoms with Crippen LogP contribution < -0.4 is 0 Å². The van der Waals surface area contributed by atoms with E-state index >= 15 is 0 Å². The number of pyridine rings is 1. The van der Waals surface area contributed by atoms with Gasteiger partial charge in [0.2, 0.25) is 0 Å². The second-order valence-corrected chi connectivity index (χ2v) is 4.06. The van der Waals surface area contributed by atoms with Crippen molar-refractivity contribution in [1.29, 1.82) is 0 Å². The van der Waals surface area contributed by atoms with Crippen LogP contribution in [0.15, 0.2) is 30.6 Å². The third-order valence-electron chi connectivity index (χ3n) is 2.60. The maximum absolute atomic E-state index is 12.1. The van der Waals surface area contributed by atoms with Crippen molar-refractivity contribution in [1.82, 2.24) is 14.3 Å². The van der Waals surface area contributed by atoms with Gasteiger partial charge in [-0.15, -0.1) is 0 Å². The Bertz CT molecular complexity index is 573. The molecule has 6 heteroatoms. The fraction of sp³-hybridized carbons (Fsp3) is 0.308. The molecule has 0 aromatic carbocycles. The molecule has 0 aliphatic heterocycles. The fourth-order valence-electron chi connectivity index (χ4n) is 1.71. The number of rotatable bonds is 4. The standard InChI is InChI=1S/C13H15N3O3/c1-3-19-12(17)9-15(2)13(18)10-8-16-7-5-4-6-11(16)14-10/h4-8H,3,9H2,1-2H3. The maximum atomic E-state index is 12.1. The van der Waals surface area contributed by atoms with Gasteiger partial charge in [0.25, 0.3) is 5.91 Å². The number of aromatic nitrogens is 2. The Morgan fingerprint density at radius 2 is 2.21 bits per heavy atom. The maximum Gasteiger partial charge on any atom is 0.325 e. The van der Waals surface area contributed by atoms with E-state index in [0.717, 1.165) is 0 Å². The van der Waals surface area contributed by atoms with Gasteiger partial charge in [-0.2, -0.15) is 0 Å². The molecule has 0 spiro atoms. The molecule has 1 amide bonds. The Balaban J connectivity index is 2.12. The van der Waals surface area contributed by atoms with Crippen molar-refractivity contribution in [3.63, 3.8) is 0 Å². The molecule has 0 saturated carbocycles. The molecule has 0 aliphatic rings. The van der Waals surface area contributed by atoms with E-state index in [1.807, 2.05) is 24.4 Å². The van der Waals surface area contributed by atoms with Crippen molar-refractivity contribution in [2.45, 2.75) is 6.92 Å². The molecular formula is C13H15N3O3. The van der Waals surface area contributed by atoms with Gasteiger partial charge in [-0.1, -0.05) is 6.07 Å². The summed E-state index contributed by atoms with van der Waals surface area (Å²) in [5.74, 6) is -0.737. The monoisotopic (exact) mass is 261 g/mol. The number of nitrogens with zero attached hydrogens (tertiary/aromatic N) is 3. The van der Waals surface area contributed by atoms with E-state index in [1.165, 1.54) is 4.90 Å². The van der Waals surface area contributed by atoms with Gasteiger partial charge in [-0.25, -0.2) is 4.98 Å². The third kappa shape index (κ3) is 2.90. The van der Waals surface area contributed by atoms with Gasteiger partial charge in [-0.05, 0) is 19.1 Å². The Morgan fingerprint density at radius 3 is 2.89 bits per heavy atom. The van der Waals surface area contributed by atoms with Crippen molar-refractivity contribution in [3.8, 4) is 0 Å². The highest BCUT2D eigenvalue weighted by molar-refractivity contribution is 5.94. The number of carbonyl (C=O) groups is 2. The number of hydrogen-bond acceptors (Lipinski definition) is 4. The average Bonchev–Trinajstić information content (AvgIpc) is 2.81. The minimum Gasteiger partial charge on any atom is -0.465 e. The van der Waals surface area contributed by atoms with Gasteiger partial charge < -0.3 is 14.0 Å². The van der Waals surface area contributed by atoms with Crippen molar-refractivity contribution < 1.29 is 14.3 Å². The van der Waals surface area contributed by atoms with Gasteiger partial charge in [-0.3, -0.25) is 9.59 Å². The van der Waals surface area contributed by atoms with Crippen LogP contribution in [0.25, 0.3) is 5.65 Å². The summed E-state index contributed by atoms with van der Waals surface area (Å²) in [6.45, 7) is 1.94. The van der Waals surface area contributed by atoms with Gasteiger partial charge in [0.1, 0.15) is 17.9 Å². The van der Waals surface area contributed by atoms with Crippen LogP contribution in [-0.4, -0.2) is 46.4 Å². The summed E-state index contributed by atoms with van der Waals surface area (Å²) in [5.41, 5.74) is 0.994. The van der Waals surface area contributed by atoms with E-state index in [0.29, 0.717) is 17.9 Å². The number of amides is 1. The lowest BCUT2D eigenvalue weighted by Gasteiger charge is -2.14. The van der Waals surface area contributed by atoms with Crippen LogP contribution in [0.4, 0.5) is 0 Å². The van der Waals surface area contributed by atoms with Crippen LogP contribution >= 0.6 is 0 Å². The van der Waals surface area contributed by atoms with Gasteiger partial charge in [0.15, 0.2) is 0 Å². The van der Waals surface area contributed by atoms with E-state index in [9.17, 15) is 9.59 Å². The second kappa shape index (κ2) is 5.51. The molecule has 2 aromatic heterocycles. The van der Waals surface area contributed by atoms with Gasteiger partial charge in [0.05, 0.1) is 6.61 Å². The average molecular weight is 261 g/mol. The minimum atomic E-state index is -0.429. The zero-order valence-electron chi connectivity index (χ0n) is 10.9. The van der Waals surface area contributed by atoms with E-state index in [1.54, 1.807) is 24.6 Å². The number of ether oxygens (including phenoxy) is 1. The molecule has 2 rings (SSSR count). The van der Waals surface area contributed by atoms with Crippen LogP contribution in [-0.2, 0) is 9.53 Å². The summed E-state index contributed by atoms with van der Waals surface area (Å²) in [7, 11) is 1.54. The van der Waals surface area contributed by atoms with Crippen LogP contribution in [0.2, 0.25) is 0 Å². The lowest BCUT2D eigenvalue weighted by molar-refractivity contribution is -0.143. The Labute approximate surface area is 110 Å². The first-order valence-electron chi connectivity index (χ1n) is 5.96. The zero-order chi connectivity index (χ0) is 13.8. The number of fused-ring (bicyclic) bond motifs is 1. The summed E-state index contributed by atoms with van der Waals surface area (Å²) < 4.78 is 6.55. The molecule has 0 aliphatic carbocycles. The Hall–Kier alpha value is -2.37. The number of carbonyl (C=O) groups excluding carboxylic acids is 2. The second-order valence-electron chi connectivity index (χ2n) is 4.06. The molecule has 0 atom stereocenters. The van der Waals surface area contributed by atoms with Crippen molar-refractivity contribution >= 4 is 17.5 Å². The summed E-state index contributed by atoms with van der Waals surface area (Å²) >= 11 is 0. The Morgan fingerprint density at radius 1 is 1.42 bits per heavy atom. The van der Waals surface area contributed by atoms with E-state index in [-0.39, 0.29) is 12.5 Å². The minimum absolute atomic E-state index is 0.0828. The van der Waals surface area contributed by atoms with E-state index in [4.69, 9.17) is 4.74 Å². The molecule has 2 heterocycles. The highest BCUT2D eigenvalue weighted by Crippen LogP contribution is 2.06. The van der Waals surface area contributed by atoms with Crippen LogP contribution in [0.5, 0.6) is 0 Å². The normalized spacial score (nSPS) is 10.4. The zero-order valence-corrected chi connectivity index (χ0v) is 10.9. The third-order valence-corrected chi connectivity index (χ3v) is 2.60. The molecular weight excluding hydrogens is 246 g/mol. The molecule has 0 fully saturated rings. The van der Waals surface area contributed by atoms with E-state index < -0.39 is 5.97 Å². The smallest absolute Gasteiger partial charge is 0.325 e. The number of likely N-dealkylation sites (N-methyl/N-ethyl adjacent to an activating group) is 1. The summed E-state index contributed by atoms with van der Waals surface area (Å²) in [6, 6.07) is 5.51. The molecule has 0 unspecified atom stereocenters. The van der Waals surface area contributed by atoms with Crippen LogP contribution in [0.3, 0.4) is 0 Å². The molecule has 0 radical (unpaired) electrons. The molecule has 6 nitrogen and oxygen atoms in total. The number of hydrogen-bond donors (Lipinski definition) is 0. The van der Waals surface area contributed by atoms with E-state index in [2.05, 4.69) is 4.98 Å². The SMILES string of the molecule is CCOC(=O)CN(C)C(=O)c1cn2ccccc2n1. The van der Waals surface area contributed by atoms with Crippen molar-refractivity contribution in [3.05, 3.63) is 36.3 Å². The van der Waals surface area contributed by atoms with Crippen LogP contribution in [0, 0.1) is 0 Å². The fourth-order valence-corrected chi connectivity index (χ4v) is 1.71. The summed E-state index contributed by atoms with van der Waals surface area (Å²) in [4.78, 5) is 28.9. The predicted octanol–water partition coefficient (Wildman–Crippen LogP) is 0.969.